The number of para-hydroxylation sites is 2. The molecule has 3 aromatic rings. The van der Waals surface area contributed by atoms with Crippen molar-refractivity contribution in [3.05, 3.63) is 84.4 Å². The van der Waals surface area contributed by atoms with Crippen LogP contribution in [0.5, 0.6) is 17.2 Å². The lowest BCUT2D eigenvalue weighted by atomic mass is 10.2. The lowest BCUT2D eigenvalue weighted by molar-refractivity contribution is 0.146. The molecule has 0 aromatic heterocycles. The smallest absolute Gasteiger partial charge is 0.124 e. The zero-order chi connectivity index (χ0) is 20.2. The zero-order valence-electron chi connectivity index (χ0n) is 16.7. The van der Waals surface area contributed by atoms with E-state index in [1.807, 2.05) is 72.8 Å². The van der Waals surface area contributed by atoms with Gasteiger partial charge in [0.05, 0.1) is 6.61 Å². The van der Waals surface area contributed by atoms with Crippen LogP contribution >= 0.6 is 0 Å². The van der Waals surface area contributed by atoms with Crippen LogP contribution in [0.3, 0.4) is 0 Å². The van der Waals surface area contributed by atoms with Gasteiger partial charge in [0.25, 0.3) is 0 Å². The van der Waals surface area contributed by atoms with Gasteiger partial charge in [-0.2, -0.15) is 0 Å². The molecule has 0 aliphatic heterocycles. The van der Waals surface area contributed by atoms with Crippen molar-refractivity contribution < 1.29 is 18.9 Å². The number of rotatable bonds is 12. The molecular weight excluding hydrogens is 366 g/mol. The van der Waals surface area contributed by atoms with Crippen LogP contribution in [0.4, 0.5) is 5.69 Å². The van der Waals surface area contributed by atoms with Gasteiger partial charge in [-0.3, -0.25) is 0 Å². The highest BCUT2D eigenvalue weighted by atomic mass is 16.5. The summed E-state index contributed by atoms with van der Waals surface area (Å²) in [5.74, 6) is 2.54. The van der Waals surface area contributed by atoms with E-state index in [0.717, 1.165) is 28.5 Å². The van der Waals surface area contributed by atoms with E-state index < -0.39 is 0 Å². The van der Waals surface area contributed by atoms with Gasteiger partial charge in [0.2, 0.25) is 0 Å². The fraction of sp³-hybridized carbons (Fsp3) is 0.250. The maximum atomic E-state index is 5.78. The largest absolute Gasteiger partial charge is 0.491 e. The van der Waals surface area contributed by atoms with Crippen molar-refractivity contribution in [2.75, 3.05) is 38.9 Å². The van der Waals surface area contributed by atoms with E-state index in [9.17, 15) is 0 Å². The van der Waals surface area contributed by atoms with Gasteiger partial charge in [0.1, 0.15) is 37.1 Å². The number of benzene rings is 3. The quantitative estimate of drug-likeness (QED) is 0.449. The number of ether oxygens (including phenoxy) is 4. The van der Waals surface area contributed by atoms with E-state index in [4.69, 9.17) is 18.9 Å². The molecular formula is C24H27NO4. The monoisotopic (exact) mass is 393 g/mol. The average Bonchev–Trinajstić information content (AvgIpc) is 2.78. The van der Waals surface area contributed by atoms with E-state index in [0.29, 0.717) is 33.0 Å². The fourth-order valence-corrected chi connectivity index (χ4v) is 2.73. The zero-order valence-corrected chi connectivity index (χ0v) is 16.7. The van der Waals surface area contributed by atoms with E-state index >= 15 is 0 Å². The molecule has 0 amide bonds. The van der Waals surface area contributed by atoms with Crippen molar-refractivity contribution in [3.63, 3.8) is 0 Å². The first-order valence-electron chi connectivity index (χ1n) is 9.69. The molecule has 1 N–H and O–H groups in total. The van der Waals surface area contributed by atoms with Crippen molar-refractivity contribution in [2.24, 2.45) is 0 Å². The summed E-state index contributed by atoms with van der Waals surface area (Å²) in [5, 5.41) is 3.42. The van der Waals surface area contributed by atoms with Gasteiger partial charge in [-0.25, -0.2) is 0 Å². The van der Waals surface area contributed by atoms with E-state index in [1.165, 1.54) is 0 Å². The second-order valence-electron chi connectivity index (χ2n) is 6.34. The van der Waals surface area contributed by atoms with Crippen LogP contribution in [0, 0.1) is 0 Å². The predicted octanol–water partition coefficient (Wildman–Crippen LogP) is 4.78. The molecule has 152 valence electrons. The maximum absolute atomic E-state index is 5.78. The number of anilines is 1. The Morgan fingerprint density at radius 3 is 1.97 bits per heavy atom. The molecule has 0 spiro atoms. The van der Waals surface area contributed by atoms with Crippen molar-refractivity contribution in [3.8, 4) is 17.2 Å². The van der Waals surface area contributed by atoms with Crippen LogP contribution < -0.4 is 19.5 Å². The Labute approximate surface area is 172 Å². The first-order valence-corrected chi connectivity index (χ1v) is 9.69. The van der Waals surface area contributed by atoms with Crippen molar-refractivity contribution in [1.29, 1.82) is 0 Å². The molecule has 0 saturated heterocycles. The first-order chi connectivity index (χ1) is 14.3. The molecule has 5 nitrogen and oxygen atoms in total. The Morgan fingerprint density at radius 1 is 0.621 bits per heavy atom. The van der Waals surface area contributed by atoms with Gasteiger partial charge in [-0.05, 0) is 42.5 Å². The van der Waals surface area contributed by atoms with Crippen LogP contribution in [-0.4, -0.2) is 33.5 Å². The molecule has 0 saturated carbocycles. The second-order valence-corrected chi connectivity index (χ2v) is 6.34. The summed E-state index contributed by atoms with van der Waals surface area (Å²) in [6, 6.07) is 25.6. The van der Waals surface area contributed by atoms with Crippen LogP contribution in [0.15, 0.2) is 78.9 Å². The second kappa shape index (κ2) is 11.6. The van der Waals surface area contributed by atoms with Crippen molar-refractivity contribution >= 4 is 5.69 Å². The van der Waals surface area contributed by atoms with Crippen LogP contribution in [0.1, 0.15) is 5.56 Å². The third kappa shape index (κ3) is 7.05. The van der Waals surface area contributed by atoms with E-state index in [1.54, 1.807) is 7.11 Å². The number of hydrogen-bond acceptors (Lipinski definition) is 5. The fourth-order valence-electron chi connectivity index (χ4n) is 2.73. The lowest BCUT2D eigenvalue weighted by Gasteiger charge is -2.13. The van der Waals surface area contributed by atoms with E-state index in [2.05, 4.69) is 11.4 Å². The Balaban J connectivity index is 1.42. The minimum absolute atomic E-state index is 0.494. The van der Waals surface area contributed by atoms with Gasteiger partial charge < -0.3 is 24.3 Å². The normalized spacial score (nSPS) is 10.4. The van der Waals surface area contributed by atoms with Crippen molar-refractivity contribution in [1.82, 2.24) is 0 Å². The molecule has 0 fully saturated rings. The van der Waals surface area contributed by atoms with Crippen LogP contribution in [0.25, 0.3) is 0 Å². The Bertz CT molecular complexity index is 837. The lowest BCUT2D eigenvalue weighted by Crippen LogP contribution is -2.09. The maximum Gasteiger partial charge on any atom is 0.124 e. The summed E-state index contributed by atoms with van der Waals surface area (Å²) in [6.45, 7) is 2.78. The highest BCUT2D eigenvalue weighted by molar-refractivity contribution is 5.48. The summed E-state index contributed by atoms with van der Waals surface area (Å²) < 4.78 is 22.2. The van der Waals surface area contributed by atoms with Crippen LogP contribution in [0.2, 0.25) is 0 Å². The summed E-state index contributed by atoms with van der Waals surface area (Å²) in [6.07, 6.45) is 0. The highest BCUT2D eigenvalue weighted by Crippen LogP contribution is 2.21. The molecule has 3 rings (SSSR count). The number of hydrogen-bond donors (Lipinski definition) is 1. The van der Waals surface area contributed by atoms with Crippen molar-refractivity contribution in [2.45, 2.75) is 6.54 Å². The molecule has 0 aliphatic carbocycles. The topological polar surface area (TPSA) is 49.0 Å². The third-order valence-corrected chi connectivity index (χ3v) is 4.22. The number of nitrogens with one attached hydrogen (secondary N) is 1. The SMILES string of the molecule is COCCOc1ccccc1CNc1ccc(OCCOc2ccccc2)cc1. The Kier molecular flexibility index (Phi) is 8.23. The highest BCUT2D eigenvalue weighted by Gasteiger charge is 2.03. The standard InChI is InChI=1S/C24H27NO4/c1-26-15-16-29-24-10-6-5-7-20(24)19-25-21-11-13-23(14-12-21)28-18-17-27-22-8-3-2-4-9-22/h2-14,25H,15-19H2,1H3. The summed E-state index contributed by atoms with van der Waals surface area (Å²) in [5.41, 5.74) is 2.12. The summed E-state index contributed by atoms with van der Waals surface area (Å²) in [7, 11) is 1.67. The third-order valence-electron chi connectivity index (χ3n) is 4.22. The van der Waals surface area contributed by atoms with Crippen LogP contribution in [-0.2, 0) is 11.3 Å². The summed E-state index contributed by atoms with van der Waals surface area (Å²) >= 11 is 0. The van der Waals surface area contributed by atoms with Gasteiger partial charge in [0.15, 0.2) is 0 Å². The van der Waals surface area contributed by atoms with Gasteiger partial charge in [-0.1, -0.05) is 36.4 Å². The molecule has 29 heavy (non-hydrogen) atoms. The molecule has 0 bridgehead atoms. The predicted molar refractivity (Wildman–Crippen MR) is 115 cm³/mol. The molecule has 0 radical (unpaired) electrons. The minimum Gasteiger partial charge on any atom is -0.491 e. The number of methoxy groups -OCH3 is 1. The van der Waals surface area contributed by atoms with Gasteiger partial charge in [-0.15, -0.1) is 0 Å². The molecule has 0 heterocycles. The Hall–Kier alpha value is -3.18. The molecule has 3 aromatic carbocycles. The Morgan fingerprint density at radius 2 is 1.24 bits per heavy atom. The average molecular weight is 393 g/mol. The van der Waals surface area contributed by atoms with Gasteiger partial charge >= 0.3 is 0 Å². The first kappa shape index (κ1) is 20.6. The minimum atomic E-state index is 0.494. The molecule has 0 atom stereocenters. The molecule has 5 heteroatoms. The van der Waals surface area contributed by atoms with E-state index in [-0.39, 0.29) is 0 Å². The molecule has 0 aliphatic rings. The molecule has 0 unspecified atom stereocenters. The summed E-state index contributed by atoms with van der Waals surface area (Å²) in [4.78, 5) is 0. The van der Waals surface area contributed by atoms with Gasteiger partial charge in [0, 0.05) is 24.9 Å².